The van der Waals surface area contributed by atoms with E-state index in [4.69, 9.17) is 4.74 Å². The summed E-state index contributed by atoms with van der Waals surface area (Å²) in [4.78, 5) is 19.2. The number of ether oxygens (including phenoxy) is 1. The molecule has 0 radical (unpaired) electrons. The van der Waals surface area contributed by atoms with Gasteiger partial charge in [0, 0.05) is 22.4 Å². The van der Waals surface area contributed by atoms with Crippen LogP contribution >= 0.6 is 15.9 Å². The molecule has 0 spiro atoms. The third kappa shape index (κ3) is 2.93. The highest BCUT2D eigenvalue weighted by Crippen LogP contribution is 2.38. The Labute approximate surface area is 159 Å². The van der Waals surface area contributed by atoms with Crippen LogP contribution < -0.4 is 15.0 Å². The van der Waals surface area contributed by atoms with Gasteiger partial charge in [-0.15, -0.1) is 0 Å². The average molecular weight is 410 g/mol. The topological polar surface area (TPSA) is 54.5 Å². The van der Waals surface area contributed by atoms with Gasteiger partial charge >= 0.3 is 0 Å². The van der Waals surface area contributed by atoms with Crippen LogP contribution in [0, 0.1) is 0 Å². The van der Waals surface area contributed by atoms with Gasteiger partial charge in [-0.25, -0.2) is 0 Å². The number of nitrogens with zero attached hydrogens (tertiary/aromatic N) is 2. The fourth-order valence-corrected chi connectivity index (χ4v) is 3.48. The van der Waals surface area contributed by atoms with E-state index in [0.717, 1.165) is 15.8 Å². The largest absolute Gasteiger partial charge is 0.497 e. The monoisotopic (exact) mass is 409 g/mol. The SMILES string of the molecule is COc1cccc(N2C(=O)c3cccnc3C2Nc2cccc(Br)c2)c1. The lowest BCUT2D eigenvalue weighted by Crippen LogP contribution is -2.32. The highest BCUT2D eigenvalue weighted by Gasteiger charge is 2.39. The number of benzene rings is 2. The molecule has 2 heterocycles. The second-order valence-electron chi connectivity index (χ2n) is 5.87. The Morgan fingerprint density at radius 2 is 1.96 bits per heavy atom. The summed E-state index contributed by atoms with van der Waals surface area (Å²) in [6.07, 6.45) is 1.30. The summed E-state index contributed by atoms with van der Waals surface area (Å²) in [6.45, 7) is 0. The maximum atomic E-state index is 13.1. The number of halogens is 1. The third-order valence-electron chi connectivity index (χ3n) is 4.26. The molecule has 3 aromatic rings. The van der Waals surface area contributed by atoms with Gasteiger partial charge in [-0.1, -0.05) is 28.1 Å². The third-order valence-corrected chi connectivity index (χ3v) is 4.76. The molecule has 26 heavy (non-hydrogen) atoms. The van der Waals surface area contributed by atoms with E-state index < -0.39 is 6.17 Å². The van der Waals surface area contributed by atoms with Crippen molar-refractivity contribution in [1.29, 1.82) is 0 Å². The summed E-state index contributed by atoms with van der Waals surface area (Å²) >= 11 is 3.48. The van der Waals surface area contributed by atoms with Crippen molar-refractivity contribution < 1.29 is 9.53 Å². The molecule has 1 aliphatic heterocycles. The van der Waals surface area contributed by atoms with Crippen molar-refractivity contribution in [2.45, 2.75) is 6.17 Å². The van der Waals surface area contributed by atoms with Crippen LogP contribution in [0.25, 0.3) is 0 Å². The molecule has 1 atom stereocenters. The Kier molecular flexibility index (Phi) is 4.34. The molecule has 0 aliphatic carbocycles. The molecule has 4 rings (SSSR count). The first-order valence-corrected chi connectivity index (χ1v) is 8.91. The van der Waals surface area contributed by atoms with E-state index in [9.17, 15) is 4.79 Å². The van der Waals surface area contributed by atoms with Gasteiger partial charge in [-0.2, -0.15) is 0 Å². The quantitative estimate of drug-likeness (QED) is 0.682. The number of hydrogen-bond donors (Lipinski definition) is 1. The lowest BCUT2D eigenvalue weighted by molar-refractivity contribution is 0.0993. The van der Waals surface area contributed by atoms with Crippen LogP contribution in [-0.2, 0) is 0 Å². The molecule has 1 aliphatic rings. The van der Waals surface area contributed by atoms with Gasteiger partial charge < -0.3 is 10.1 Å². The van der Waals surface area contributed by atoms with Gasteiger partial charge in [0.2, 0.25) is 0 Å². The van der Waals surface area contributed by atoms with E-state index in [1.807, 2.05) is 48.5 Å². The maximum Gasteiger partial charge on any atom is 0.262 e. The highest BCUT2D eigenvalue weighted by molar-refractivity contribution is 9.10. The first-order chi connectivity index (χ1) is 12.7. The number of nitrogens with one attached hydrogen (secondary N) is 1. The van der Waals surface area contributed by atoms with E-state index in [1.54, 1.807) is 30.3 Å². The number of methoxy groups -OCH3 is 1. The van der Waals surface area contributed by atoms with Crippen molar-refractivity contribution in [3.05, 3.63) is 82.6 Å². The van der Waals surface area contributed by atoms with Crippen LogP contribution in [0.3, 0.4) is 0 Å². The van der Waals surface area contributed by atoms with Crippen molar-refractivity contribution >= 4 is 33.2 Å². The molecule has 1 unspecified atom stereocenters. The number of rotatable bonds is 4. The summed E-state index contributed by atoms with van der Waals surface area (Å²) in [5.74, 6) is 0.606. The van der Waals surface area contributed by atoms with Crippen molar-refractivity contribution in [1.82, 2.24) is 4.98 Å². The van der Waals surface area contributed by atoms with E-state index in [2.05, 4.69) is 26.2 Å². The predicted molar refractivity (Wildman–Crippen MR) is 105 cm³/mol. The van der Waals surface area contributed by atoms with Crippen LogP contribution in [-0.4, -0.2) is 18.0 Å². The molecule has 2 aromatic carbocycles. The van der Waals surface area contributed by atoms with E-state index in [0.29, 0.717) is 17.0 Å². The normalized spacial score (nSPS) is 15.7. The Morgan fingerprint density at radius 3 is 2.77 bits per heavy atom. The second kappa shape index (κ2) is 6.80. The zero-order chi connectivity index (χ0) is 18.1. The van der Waals surface area contributed by atoms with Gasteiger partial charge in [-0.05, 0) is 42.5 Å². The van der Waals surface area contributed by atoms with Crippen molar-refractivity contribution in [2.75, 3.05) is 17.3 Å². The zero-order valence-corrected chi connectivity index (χ0v) is 15.6. The van der Waals surface area contributed by atoms with Crippen LogP contribution in [0.15, 0.2) is 71.3 Å². The Balaban J connectivity index is 1.79. The number of aromatic nitrogens is 1. The lowest BCUT2D eigenvalue weighted by Gasteiger charge is -2.27. The molecule has 5 nitrogen and oxygen atoms in total. The summed E-state index contributed by atoms with van der Waals surface area (Å²) in [5, 5.41) is 3.43. The molecular formula is C20H16BrN3O2. The molecule has 1 aromatic heterocycles. The molecule has 0 saturated heterocycles. The smallest absolute Gasteiger partial charge is 0.262 e. The molecule has 130 valence electrons. The van der Waals surface area contributed by atoms with Gasteiger partial charge in [0.05, 0.1) is 24.1 Å². The molecule has 1 amide bonds. The van der Waals surface area contributed by atoms with E-state index >= 15 is 0 Å². The number of amides is 1. The minimum absolute atomic E-state index is 0.0890. The summed E-state index contributed by atoms with van der Waals surface area (Å²) < 4.78 is 6.28. The van der Waals surface area contributed by atoms with Crippen LogP contribution in [0.4, 0.5) is 11.4 Å². The highest BCUT2D eigenvalue weighted by atomic mass is 79.9. The molecule has 0 bridgehead atoms. The molecule has 0 saturated carbocycles. The summed E-state index contributed by atoms with van der Waals surface area (Å²) in [7, 11) is 1.61. The summed E-state index contributed by atoms with van der Waals surface area (Å²) in [6, 6.07) is 18.9. The maximum absolute atomic E-state index is 13.1. The molecule has 6 heteroatoms. The molecule has 1 N–H and O–H groups in total. The fraction of sp³-hybridized carbons (Fsp3) is 0.100. The van der Waals surface area contributed by atoms with Crippen molar-refractivity contribution in [2.24, 2.45) is 0 Å². The van der Waals surface area contributed by atoms with Crippen molar-refractivity contribution in [3.8, 4) is 5.75 Å². The average Bonchev–Trinajstić information content (AvgIpc) is 2.94. The van der Waals surface area contributed by atoms with Crippen molar-refractivity contribution in [3.63, 3.8) is 0 Å². The van der Waals surface area contributed by atoms with Crippen LogP contribution in [0.5, 0.6) is 5.75 Å². The summed E-state index contributed by atoms with van der Waals surface area (Å²) in [5.41, 5.74) is 2.95. The second-order valence-corrected chi connectivity index (χ2v) is 6.79. The van der Waals surface area contributed by atoms with Gasteiger partial charge in [0.15, 0.2) is 6.17 Å². The first kappa shape index (κ1) is 16.6. The minimum Gasteiger partial charge on any atom is -0.497 e. The lowest BCUT2D eigenvalue weighted by atomic mass is 10.2. The number of carbonyl (C=O) groups is 1. The molecular weight excluding hydrogens is 394 g/mol. The Morgan fingerprint density at radius 1 is 1.12 bits per heavy atom. The first-order valence-electron chi connectivity index (χ1n) is 8.12. The van der Waals surface area contributed by atoms with Crippen LogP contribution in [0.1, 0.15) is 22.2 Å². The fourth-order valence-electron chi connectivity index (χ4n) is 3.08. The van der Waals surface area contributed by atoms with E-state index in [-0.39, 0.29) is 5.91 Å². The Hall–Kier alpha value is -2.86. The molecule has 0 fully saturated rings. The van der Waals surface area contributed by atoms with Gasteiger partial charge in [0.1, 0.15) is 5.75 Å². The minimum atomic E-state index is -0.403. The van der Waals surface area contributed by atoms with Crippen LogP contribution in [0.2, 0.25) is 0 Å². The van der Waals surface area contributed by atoms with Gasteiger partial charge in [-0.3, -0.25) is 14.7 Å². The predicted octanol–water partition coefficient (Wildman–Crippen LogP) is 4.62. The number of carbonyl (C=O) groups excluding carboxylic acids is 1. The number of hydrogen-bond acceptors (Lipinski definition) is 4. The number of pyridine rings is 1. The standard InChI is InChI=1S/C20H16BrN3O2/c1-26-16-8-3-7-15(12-16)24-19(23-14-6-2-5-13(21)11-14)18-17(20(24)25)9-4-10-22-18/h2-12,19,23H,1H3. The number of fused-ring (bicyclic) bond motifs is 1. The van der Waals surface area contributed by atoms with Gasteiger partial charge in [0.25, 0.3) is 5.91 Å². The Bertz CT molecular complexity index is 977. The number of anilines is 2. The van der Waals surface area contributed by atoms with E-state index in [1.165, 1.54) is 0 Å². The zero-order valence-electron chi connectivity index (χ0n) is 14.0.